The van der Waals surface area contributed by atoms with Crippen LogP contribution in [0, 0.1) is 16.0 Å². The van der Waals surface area contributed by atoms with E-state index in [-0.39, 0.29) is 18.0 Å². The molecule has 2 heterocycles. The third-order valence-corrected chi connectivity index (χ3v) is 4.08. The fraction of sp³-hybridized carbons (Fsp3) is 0.222. The lowest BCUT2D eigenvalue weighted by Crippen LogP contribution is -2.51. The van der Waals surface area contributed by atoms with E-state index in [1.807, 2.05) is 0 Å². The van der Waals surface area contributed by atoms with Gasteiger partial charge in [0, 0.05) is 23.4 Å². The van der Waals surface area contributed by atoms with E-state index < -0.39 is 28.9 Å². The normalized spacial score (nSPS) is 19.1. The summed E-state index contributed by atoms with van der Waals surface area (Å²) in [6, 6.07) is 7.87. The average molecular weight is 371 g/mol. The zero-order valence-corrected chi connectivity index (χ0v) is 14.4. The van der Waals surface area contributed by atoms with Gasteiger partial charge in [0.2, 0.25) is 0 Å². The van der Waals surface area contributed by atoms with Crippen molar-refractivity contribution in [2.24, 2.45) is 5.92 Å². The fourth-order valence-electron chi connectivity index (χ4n) is 2.88. The summed E-state index contributed by atoms with van der Waals surface area (Å²) in [5.74, 6) is -0.736. The zero-order chi connectivity index (χ0) is 19.6. The van der Waals surface area contributed by atoms with E-state index in [0.717, 1.165) is 0 Å². The lowest BCUT2D eigenvalue weighted by molar-refractivity contribution is -0.384. The molecule has 2 unspecified atom stereocenters. The number of ether oxygens (including phenoxy) is 1. The maximum absolute atomic E-state index is 12.3. The van der Waals surface area contributed by atoms with Crippen LogP contribution in [0.25, 0.3) is 11.3 Å². The number of nitrogens with one attached hydrogen (secondary N) is 2. The number of furan rings is 1. The first-order chi connectivity index (χ1) is 12.9. The van der Waals surface area contributed by atoms with Crippen molar-refractivity contribution < 1.29 is 23.7 Å². The number of esters is 1. The van der Waals surface area contributed by atoms with Crippen molar-refractivity contribution >= 4 is 17.7 Å². The standard InChI is InChI=1S/C18H17N3O6/c1-3-26-17(22)15-10(2)19-18(23)20-16(15)14-8-7-13(27-14)11-5-4-6-12(9-11)21(24)25/h4-9,15-16H,2-3H2,1H3,(H2,19,20,23). The highest BCUT2D eigenvalue weighted by atomic mass is 16.6. The lowest BCUT2D eigenvalue weighted by Gasteiger charge is -2.31. The molecule has 1 aromatic heterocycles. The highest BCUT2D eigenvalue weighted by Crippen LogP contribution is 2.34. The van der Waals surface area contributed by atoms with Gasteiger partial charge >= 0.3 is 12.0 Å². The molecule has 27 heavy (non-hydrogen) atoms. The van der Waals surface area contributed by atoms with Crippen LogP contribution in [-0.4, -0.2) is 23.5 Å². The molecule has 0 aliphatic carbocycles. The van der Waals surface area contributed by atoms with Crippen LogP contribution in [0.2, 0.25) is 0 Å². The molecule has 2 N–H and O–H groups in total. The van der Waals surface area contributed by atoms with Crippen LogP contribution in [0.3, 0.4) is 0 Å². The van der Waals surface area contributed by atoms with Gasteiger partial charge in [-0.15, -0.1) is 0 Å². The first kappa shape index (κ1) is 18.2. The molecule has 2 atom stereocenters. The van der Waals surface area contributed by atoms with Crippen LogP contribution in [0.4, 0.5) is 10.5 Å². The number of benzene rings is 1. The predicted octanol–water partition coefficient (Wildman–Crippen LogP) is 2.90. The Morgan fingerprint density at radius 2 is 2.15 bits per heavy atom. The second kappa shape index (κ2) is 7.32. The Kier molecular flexibility index (Phi) is 4.93. The predicted molar refractivity (Wildman–Crippen MR) is 94.5 cm³/mol. The van der Waals surface area contributed by atoms with E-state index in [0.29, 0.717) is 17.1 Å². The monoisotopic (exact) mass is 371 g/mol. The largest absolute Gasteiger partial charge is 0.465 e. The van der Waals surface area contributed by atoms with Gasteiger partial charge in [-0.1, -0.05) is 18.7 Å². The molecule has 0 spiro atoms. The number of amides is 2. The molecule has 3 rings (SSSR count). The Morgan fingerprint density at radius 1 is 1.37 bits per heavy atom. The van der Waals surface area contributed by atoms with Crippen molar-refractivity contribution in [2.45, 2.75) is 13.0 Å². The smallest absolute Gasteiger partial charge is 0.319 e. The van der Waals surface area contributed by atoms with Crippen molar-refractivity contribution in [1.82, 2.24) is 10.6 Å². The number of rotatable bonds is 5. The number of hydrogen-bond acceptors (Lipinski definition) is 6. The number of urea groups is 1. The summed E-state index contributed by atoms with van der Waals surface area (Å²) >= 11 is 0. The molecule has 1 aliphatic heterocycles. The summed E-state index contributed by atoms with van der Waals surface area (Å²) in [4.78, 5) is 34.6. The Balaban J connectivity index is 1.94. The van der Waals surface area contributed by atoms with Crippen molar-refractivity contribution in [3.05, 3.63) is 64.5 Å². The Bertz CT molecular complexity index is 919. The molecule has 1 fully saturated rings. The van der Waals surface area contributed by atoms with E-state index >= 15 is 0 Å². The Morgan fingerprint density at radius 3 is 2.85 bits per heavy atom. The van der Waals surface area contributed by atoms with Crippen molar-refractivity contribution in [1.29, 1.82) is 0 Å². The van der Waals surface area contributed by atoms with E-state index in [1.54, 1.807) is 31.2 Å². The molecule has 140 valence electrons. The van der Waals surface area contributed by atoms with E-state index in [1.165, 1.54) is 12.1 Å². The van der Waals surface area contributed by atoms with Gasteiger partial charge in [0.05, 0.1) is 11.5 Å². The molecule has 0 bridgehead atoms. The van der Waals surface area contributed by atoms with Gasteiger partial charge in [0.25, 0.3) is 5.69 Å². The minimum absolute atomic E-state index is 0.0709. The molecule has 2 aromatic rings. The summed E-state index contributed by atoms with van der Waals surface area (Å²) in [5.41, 5.74) is 0.635. The summed E-state index contributed by atoms with van der Waals surface area (Å²) in [7, 11) is 0. The molecular weight excluding hydrogens is 354 g/mol. The second-order valence-electron chi connectivity index (χ2n) is 5.84. The van der Waals surface area contributed by atoms with Gasteiger partial charge in [0.15, 0.2) is 0 Å². The van der Waals surface area contributed by atoms with Crippen molar-refractivity contribution in [3.8, 4) is 11.3 Å². The average Bonchev–Trinajstić information content (AvgIpc) is 3.11. The molecule has 1 aliphatic rings. The molecule has 2 amide bonds. The molecule has 1 saturated heterocycles. The highest BCUT2D eigenvalue weighted by Gasteiger charge is 2.40. The van der Waals surface area contributed by atoms with E-state index in [9.17, 15) is 19.7 Å². The second-order valence-corrected chi connectivity index (χ2v) is 5.84. The summed E-state index contributed by atoms with van der Waals surface area (Å²) in [5, 5.41) is 16.0. The fourth-order valence-corrected chi connectivity index (χ4v) is 2.88. The van der Waals surface area contributed by atoms with Gasteiger partial charge in [-0.05, 0) is 19.1 Å². The Hall–Kier alpha value is -3.62. The van der Waals surface area contributed by atoms with Gasteiger partial charge in [0.1, 0.15) is 23.5 Å². The number of nitrogens with zero attached hydrogens (tertiary/aromatic N) is 1. The van der Waals surface area contributed by atoms with Gasteiger partial charge in [-0.25, -0.2) is 4.79 Å². The van der Waals surface area contributed by atoms with Crippen LogP contribution in [0.5, 0.6) is 0 Å². The first-order valence-corrected chi connectivity index (χ1v) is 8.18. The molecular formula is C18H17N3O6. The van der Waals surface area contributed by atoms with Crippen molar-refractivity contribution in [2.75, 3.05) is 6.61 Å². The Labute approximate surface area is 154 Å². The highest BCUT2D eigenvalue weighted by molar-refractivity contribution is 5.85. The van der Waals surface area contributed by atoms with Crippen LogP contribution >= 0.6 is 0 Å². The van der Waals surface area contributed by atoms with Crippen LogP contribution in [0.15, 0.2) is 53.1 Å². The maximum Gasteiger partial charge on any atom is 0.319 e. The summed E-state index contributed by atoms with van der Waals surface area (Å²) in [6.45, 7) is 5.59. The summed E-state index contributed by atoms with van der Waals surface area (Å²) < 4.78 is 10.8. The summed E-state index contributed by atoms with van der Waals surface area (Å²) in [6.07, 6.45) is 0. The van der Waals surface area contributed by atoms with Crippen LogP contribution < -0.4 is 10.6 Å². The molecule has 0 saturated carbocycles. The molecule has 9 nitrogen and oxygen atoms in total. The zero-order valence-electron chi connectivity index (χ0n) is 14.4. The molecule has 0 radical (unpaired) electrons. The van der Waals surface area contributed by atoms with E-state index in [2.05, 4.69) is 17.2 Å². The van der Waals surface area contributed by atoms with E-state index in [4.69, 9.17) is 9.15 Å². The first-order valence-electron chi connectivity index (χ1n) is 8.18. The number of non-ortho nitro benzene ring substituents is 1. The quantitative estimate of drug-likeness (QED) is 0.473. The number of nitro groups is 1. The number of carbonyl (C=O) groups excluding carboxylic acids is 2. The van der Waals surface area contributed by atoms with Gasteiger partial charge in [-0.3, -0.25) is 14.9 Å². The van der Waals surface area contributed by atoms with Crippen LogP contribution in [-0.2, 0) is 9.53 Å². The minimum atomic E-state index is -0.869. The third-order valence-electron chi connectivity index (χ3n) is 4.08. The lowest BCUT2D eigenvalue weighted by atomic mass is 9.93. The number of hydrogen-bond donors (Lipinski definition) is 2. The molecule has 9 heteroatoms. The molecule has 1 aromatic carbocycles. The number of nitro benzene ring substituents is 1. The van der Waals surface area contributed by atoms with Crippen molar-refractivity contribution in [3.63, 3.8) is 0 Å². The topological polar surface area (TPSA) is 124 Å². The van der Waals surface area contributed by atoms with Gasteiger partial charge in [-0.2, -0.15) is 0 Å². The van der Waals surface area contributed by atoms with Crippen LogP contribution in [0.1, 0.15) is 18.7 Å². The van der Waals surface area contributed by atoms with Gasteiger partial charge < -0.3 is 19.8 Å². The number of carbonyl (C=O) groups is 2. The maximum atomic E-state index is 12.3. The SMILES string of the molecule is C=C1NC(=O)NC(c2ccc(-c3cccc([N+](=O)[O-])c3)o2)C1C(=O)OCC. The minimum Gasteiger partial charge on any atom is -0.465 e. The third kappa shape index (κ3) is 3.66.